The molecular formula is C6H13N3O. The van der Waals surface area contributed by atoms with Crippen molar-refractivity contribution in [1.29, 1.82) is 5.41 Å². The van der Waals surface area contributed by atoms with Crippen LogP contribution in [0.4, 0.5) is 0 Å². The van der Waals surface area contributed by atoms with E-state index >= 15 is 0 Å². The maximum absolute atomic E-state index is 10.5. The lowest BCUT2D eigenvalue weighted by molar-refractivity contribution is -0.119. The molecule has 4 heteroatoms. The van der Waals surface area contributed by atoms with E-state index in [2.05, 4.69) is 5.32 Å². The molecule has 0 saturated heterocycles. The maximum Gasteiger partial charge on any atom is 0.217 e. The fraction of sp³-hybridized carbons (Fsp3) is 0.667. The molecular weight excluding hydrogens is 130 g/mol. The van der Waals surface area contributed by atoms with Crippen molar-refractivity contribution >= 4 is 11.7 Å². The van der Waals surface area contributed by atoms with Crippen LogP contribution in [0.5, 0.6) is 0 Å². The van der Waals surface area contributed by atoms with E-state index in [1.807, 2.05) is 0 Å². The average Bonchev–Trinajstić information content (AvgIpc) is 1.60. The summed E-state index contributed by atoms with van der Waals surface area (Å²) in [5.41, 5.74) is 4.47. The molecule has 10 heavy (non-hydrogen) atoms. The quantitative estimate of drug-likeness (QED) is 0.371. The van der Waals surface area contributed by atoms with Gasteiger partial charge in [0.2, 0.25) is 5.91 Å². The average molecular weight is 143 g/mol. The summed E-state index contributed by atoms with van der Waals surface area (Å²) in [5.74, 6) is -0.220. The van der Waals surface area contributed by atoms with Crippen LogP contribution in [0.25, 0.3) is 0 Å². The van der Waals surface area contributed by atoms with Gasteiger partial charge in [0.05, 0.1) is 5.54 Å². The van der Waals surface area contributed by atoms with Crippen LogP contribution < -0.4 is 11.1 Å². The van der Waals surface area contributed by atoms with Crippen LogP contribution in [0.15, 0.2) is 0 Å². The summed E-state index contributed by atoms with van der Waals surface area (Å²) in [6, 6.07) is 0. The lowest BCUT2D eigenvalue weighted by Crippen LogP contribution is -2.51. The van der Waals surface area contributed by atoms with Gasteiger partial charge in [-0.2, -0.15) is 0 Å². The third-order valence-corrected chi connectivity index (χ3v) is 1.16. The molecule has 4 N–H and O–H groups in total. The summed E-state index contributed by atoms with van der Waals surface area (Å²) in [4.78, 5) is 10.5. The number of carbonyl (C=O) groups excluding carboxylic acids is 1. The standard InChI is InChI=1S/C6H13N3O/c1-4(10)9-6(2,3)5(7)8/h1-3H3,(H3,7,8)(H,9,10). The second-order valence-corrected chi connectivity index (χ2v) is 2.72. The zero-order valence-electron chi connectivity index (χ0n) is 6.49. The molecule has 0 fully saturated rings. The van der Waals surface area contributed by atoms with Crippen LogP contribution in [0.3, 0.4) is 0 Å². The van der Waals surface area contributed by atoms with Crippen LogP contribution in [0.1, 0.15) is 20.8 Å². The molecule has 0 aromatic carbocycles. The highest BCUT2D eigenvalue weighted by atomic mass is 16.1. The molecule has 0 aliphatic rings. The molecule has 0 radical (unpaired) electrons. The lowest BCUT2D eigenvalue weighted by atomic mass is 10.1. The predicted octanol–water partition coefficient (Wildman–Crippen LogP) is -0.163. The van der Waals surface area contributed by atoms with Gasteiger partial charge in [-0.25, -0.2) is 0 Å². The molecule has 0 saturated carbocycles. The molecule has 58 valence electrons. The predicted molar refractivity (Wildman–Crippen MR) is 39.8 cm³/mol. The Morgan fingerprint density at radius 2 is 2.00 bits per heavy atom. The molecule has 0 heterocycles. The van der Waals surface area contributed by atoms with E-state index in [9.17, 15) is 4.79 Å². The minimum atomic E-state index is -0.716. The number of nitrogens with two attached hydrogens (primary N) is 1. The second kappa shape index (κ2) is 2.68. The van der Waals surface area contributed by atoms with E-state index in [0.29, 0.717) is 0 Å². The first-order valence-corrected chi connectivity index (χ1v) is 2.99. The summed E-state index contributed by atoms with van der Waals surface area (Å²) in [7, 11) is 0. The third-order valence-electron chi connectivity index (χ3n) is 1.16. The first kappa shape index (κ1) is 8.94. The van der Waals surface area contributed by atoms with Gasteiger partial charge in [-0.15, -0.1) is 0 Å². The SMILES string of the molecule is CC(=O)NC(C)(C)C(=N)N. The minimum absolute atomic E-state index is 0.0392. The van der Waals surface area contributed by atoms with Gasteiger partial charge in [-0.05, 0) is 13.8 Å². The van der Waals surface area contributed by atoms with Gasteiger partial charge in [0.25, 0.3) is 0 Å². The molecule has 0 spiro atoms. The summed E-state index contributed by atoms with van der Waals surface area (Å²) >= 11 is 0. The largest absolute Gasteiger partial charge is 0.386 e. The van der Waals surface area contributed by atoms with Crippen LogP contribution >= 0.6 is 0 Å². The van der Waals surface area contributed by atoms with Gasteiger partial charge in [-0.1, -0.05) is 0 Å². The van der Waals surface area contributed by atoms with Crippen molar-refractivity contribution in [3.63, 3.8) is 0 Å². The lowest BCUT2D eigenvalue weighted by Gasteiger charge is -2.23. The molecule has 0 atom stereocenters. The second-order valence-electron chi connectivity index (χ2n) is 2.72. The summed E-state index contributed by atoms with van der Waals surface area (Å²) in [6.45, 7) is 4.75. The fourth-order valence-electron chi connectivity index (χ4n) is 0.507. The summed E-state index contributed by atoms with van der Waals surface area (Å²) < 4.78 is 0. The molecule has 0 aromatic heterocycles. The van der Waals surface area contributed by atoms with Crippen molar-refractivity contribution in [3.8, 4) is 0 Å². The smallest absolute Gasteiger partial charge is 0.217 e. The summed E-state index contributed by atoms with van der Waals surface area (Å²) in [6.07, 6.45) is 0. The van der Waals surface area contributed by atoms with Crippen LogP contribution in [-0.2, 0) is 4.79 Å². The number of carbonyl (C=O) groups is 1. The molecule has 0 bridgehead atoms. The van der Waals surface area contributed by atoms with E-state index in [-0.39, 0.29) is 11.7 Å². The van der Waals surface area contributed by atoms with Crippen molar-refractivity contribution in [2.75, 3.05) is 0 Å². The summed E-state index contributed by atoms with van der Waals surface area (Å²) in [5, 5.41) is 9.58. The van der Waals surface area contributed by atoms with Gasteiger partial charge in [0, 0.05) is 6.92 Å². The van der Waals surface area contributed by atoms with E-state index in [4.69, 9.17) is 11.1 Å². The van der Waals surface area contributed by atoms with Crippen molar-refractivity contribution < 1.29 is 4.79 Å². The van der Waals surface area contributed by atoms with Crippen LogP contribution in [-0.4, -0.2) is 17.3 Å². The van der Waals surface area contributed by atoms with E-state index < -0.39 is 5.54 Å². The van der Waals surface area contributed by atoms with Gasteiger partial charge in [0.1, 0.15) is 5.84 Å². The zero-order valence-corrected chi connectivity index (χ0v) is 6.49. The van der Waals surface area contributed by atoms with Gasteiger partial charge in [-0.3, -0.25) is 10.2 Å². The number of hydrogen-bond donors (Lipinski definition) is 3. The monoisotopic (exact) mass is 143 g/mol. The van der Waals surface area contributed by atoms with E-state index in [0.717, 1.165) is 0 Å². The third kappa shape index (κ3) is 2.48. The number of hydrogen-bond acceptors (Lipinski definition) is 2. The Bertz CT molecular complexity index is 162. The van der Waals surface area contributed by atoms with Crippen molar-refractivity contribution in [3.05, 3.63) is 0 Å². The first-order valence-electron chi connectivity index (χ1n) is 2.99. The minimum Gasteiger partial charge on any atom is -0.386 e. The van der Waals surface area contributed by atoms with Crippen molar-refractivity contribution in [1.82, 2.24) is 5.32 Å². The molecule has 0 aromatic rings. The van der Waals surface area contributed by atoms with Gasteiger partial charge >= 0.3 is 0 Å². The van der Waals surface area contributed by atoms with Crippen molar-refractivity contribution in [2.45, 2.75) is 26.3 Å². The molecule has 4 nitrogen and oxygen atoms in total. The molecule has 0 aliphatic heterocycles. The Kier molecular flexibility index (Phi) is 2.40. The highest BCUT2D eigenvalue weighted by Crippen LogP contribution is 1.99. The normalized spacial score (nSPS) is 10.7. The Hall–Kier alpha value is -1.06. The molecule has 0 aliphatic carbocycles. The molecule has 0 unspecified atom stereocenters. The Morgan fingerprint density at radius 3 is 2.10 bits per heavy atom. The fourth-order valence-corrected chi connectivity index (χ4v) is 0.507. The van der Waals surface area contributed by atoms with Crippen LogP contribution in [0.2, 0.25) is 0 Å². The number of nitrogens with one attached hydrogen (secondary N) is 2. The molecule has 1 amide bonds. The Morgan fingerprint density at radius 1 is 1.60 bits per heavy atom. The topological polar surface area (TPSA) is 79.0 Å². The Labute approximate surface area is 60.3 Å². The van der Waals surface area contributed by atoms with Crippen molar-refractivity contribution in [2.24, 2.45) is 5.73 Å². The maximum atomic E-state index is 10.5. The number of amidine groups is 1. The zero-order chi connectivity index (χ0) is 8.36. The highest BCUT2D eigenvalue weighted by Gasteiger charge is 2.21. The van der Waals surface area contributed by atoms with Gasteiger partial charge < -0.3 is 11.1 Å². The van der Waals surface area contributed by atoms with E-state index in [1.54, 1.807) is 13.8 Å². The number of amides is 1. The van der Waals surface area contributed by atoms with Crippen LogP contribution in [0, 0.1) is 5.41 Å². The Balaban J connectivity index is 4.13. The molecule has 0 rings (SSSR count). The first-order chi connectivity index (χ1) is 4.36. The highest BCUT2D eigenvalue weighted by molar-refractivity contribution is 5.90. The van der Waals surface area contributed by atoms with Gasteiger partial charge in [0.15, 0.2) is 0 Å². The number of rotatable bonds is 2. The van der Waals surface area contributed by atoms with E-state index in [1.165, 1.54) is 6.92 Å².